The van der Waals surface area contributed by atoms with Crippen LogP contribution >= 0.6 is 11.6 Å². The van der Waals surface area contributed by atoms with E-state index in [1.807, 2.05) is 25.1 Å². The van der Waals surface area contributed by atoms with Crippen molar-refractivity contribution in [3.05, 3.63) is 52.8 Å². The van der Waals surface area contributed by atoms with Gasteiger partial charge in [-0.2, -0.15) is 0 Å². The summed E-state index contributed by atoms with van der Waals surface area (Å²) in [5.41, 5.74) is 1.03. The topological polar surface area (TPSA) is 78.0 Å². The summed E-state index contributed by atoms with van der Waals surface area (Å²) in [6, 6.07) is 8.63. The van der Waals surface area contributed by atoms with Crippen LogP contribution in [0.25, 0.3) is 0 Å². The molecule has 0 spiro atoms. The molecular formula is C19H19ClN2O5. The van der Waals surface area contributed by atoms with Crippen molar-refractivity contribution in [2.45, 2.75) is 13.5 Å². The van der Waals surface area contributed by atoms with Gasteiger partial charge in [0.1, 0.15) is 18.4 Å². The number of halogens is 1. The van der Waals surface area contributed by atoms with Gasteiger partial charge in [0.15, 0.2) is 18.1 Å². The SMILES string of the molecule is CCN(Cc1ccc2c(c1)OCCO2)C(=O)COC(=O)c1cccnc1Cl. The molecule has 0 N–H and O–H groups in total. The van der Waals surface area contributed by atoms with E-state index in [2.05, 4.69) is 4.98 Å². The lowest BCUT2D eigenvalue weighted by atomic mass is 10.1. The molecule has 0 saturated carbocycles. The van der Waals surface area contributed by atoms with E-state index in [1.54, 1.807) is 11.0 Å². The van der Waals surface area contributed by atoms with Crippen LogP contribution in [0.4, 0.5) is 0 Å². The molecule has 2 aromatic rings. The van der Waals surface area contributed by atoms with E-state index in [4.69, 9.17) is 25.8 Å². The van der Waals surface area contributed by atoms with E-state index >= 15 is 0 Å². The second-order valence-corrected chi connectivity index (χ2v) is 6.16. The number of amides is 1. The van der Waals surface area contributed by atoms with Crippen LogP contribution in [0.3, 0.4) is 0 Å². The van der Waals surface area contributed by atoms with Crippen LogP contribution in [0.1, 0.15) is 22.8 Å². The number of likely N-dealkylation sites (N-methyl/N-ethyl adjacent to an activating group) is 1. The van der Waals surface area contributed by atoms with Gasteiger partial charge < -0.3 is 19.1 Å². The molecule has 0 saturated heterocycles. The van der Waals surface area contributed by atoms with Gasteiger partial charge in [-0.1, -0.05) is 17.7 Å². The lowest BCUT2D eigenvalue weighted by molar-refractivity contribution is -0.134. The summed E-state index contributed by atoms with van der Waals surface area (Å²) in [6.45, 7) is 3.35. The Morgan fingerprint density at radius 1 is 1.22 bits per heavy atom. The van der Waals surface area contributed by atoms with Gasteiger partial charge in [-0.05, 0) is 36.8 Å². The van der Waals surface area contributed by atoms with Crippen LogP contribution in [-0.2, 0) is 16.1 Å². The first kappa shape index (κ1) is 19.0. The number of nitrogens with zero attached hydrogens (tertiary/aromatic N) is 2. The second kappa shape index (κ2) is 8.73. The smallest absolute Gasteiger partial charge is 0.341 e. The molecule has 0 aliphatic carbocycles. The standard InChI is InChI=1S/C19H19ClN2O5/c1-2-22(11-13-5-6-15-16(10-13)26-9-8-25-15)17(23)12-27-19(24)14-4-3-7-21-18(14)20/h3-7,10H,2,8-9,11-12H2,1H3. The molecular weight excluding hydrogens is 372 g/mol. The van der Waals surface area contributed by atoms with E-state index in [9.17, 15) is 9.59 Å². The van der Waals surface area contributed by atoms with E-state index in [-0.39, 0.29) is 23.2 Å². The van der Waals surface area contributed by atoms with Gasteiger partial charge >= 0.3 is 5.97 Å². The fourth-order valence-electron chi connectivity index (χ4n) is 2.62. The molecule has 27 heavy (non-hydrogen) atoms. The van der Waals surface area contributed by atoms with Crippen molar-refractivity contribution in [1.29, 1.82) is 0 Å². The zero-order valence-electron chi connectivity index (χ0n) is 14.8. The van der Waals surface area contributed by atoms with Crippen LogP contribution in [0.2, 0.25) is 5.15 Å². The maximum atomic E-state index is 12.4. The van der Waals surface area contributed by atoms with Gasteiger partial charge in [-0.15, -0.1) is 0 Å². The predicted octanol–water partition coefficient (Wildman–Crippen LogP) is 2.71. The van der Waals surface area contributed by atoms with Crippen molar-refractivity contribution in [1.82, 2.24) is 9.88 Å². The number of pyridine rings is 1. The maximum Gasteiger partial charge on any atom is 0.341 e. The number of carbonyl (C=O) groups excluding carboxylic acids is 2. The maximum absolute atomic E-state index is 12.4. The molecule has 7 nitrogen and oxygen atoms in total. The Balaban J connectivity index is 1.59. The predicted molar refractivity (Wildman–Crippen MR) is 98.1 cm³/mol. The fourth-order valence-corrected chi connectivity index (χ4v) is 2.81. The third-order valence-corrected chi connectivity index (χ3v) is 4.32. The third-order valence-electron chi connectivity index (χ3n) is 4.02. The third kappa shape index (κ3) is 4.68. The summed E-state index contributed by atoms with van der Waals surface area (Å²) in [7, 11) is 0. The average molecular weight is 391 g/mol. The fraction of sp³-hybridized carbons (Fsp3) is 0.316. The number of rotatable bonds is 6. The Kier molecular flexibility index (Phi) is 6.13. The van der Waals surface area contributed by atoms with Gasteiger partial charge in [-0.25, -0.2) is 9.78 Å². The van der Waals surface area contributed by atoms with Crippen molar-refractivity contribution in [2.24, 2.45) is 0 Å². The molecule has 0 unspecified atom stereocenters. The Morgan fingerprint density at radius 2 is 2.00 bits per heavy atom. The van der Waals surface area contributed by atoms with Crippen molar-refractivity contribution >= 4 is 23.5 Å². The molecule has 1 aliphatic heterocycles. The normalized spacial score (nSPS) is 12.4. The number of carbonyl (C=O) groups is 2. The Labute approximate surface area is 161 Å². The number of benzene rings is 1. The Hall–Kier alpha value is -2.80. The van der Waals surface area contributed by atoms with Crippen molar-refractivity contribution in [2.75, 3.05) is 26.4 Å². The van der Waals surface area contributed by atoms with E-state index < -0.39 is 5.97 Å². The van der Waals surface area contributed by atoms with Gasteiger partial charge in [0.25, 0.3) is 5.91 Å². The molecule has 0 fully saturated rings. The van der Waals surface area contributed by atoms with Crippen LogP contribution in [0, 0.1) is 0 Å². The van der Waals surface area contributed by atoms with Gasteiger partial charge in [0.05, 0.1) is 5.56 Å². The molecule has 2 heterocycles. The molecule has 1 amide bonds. The van der Waals surface area contributed by atoms with Crippen LogP contribution in [-0.4, -0.2) is 48.1 Å². The van der Waals surface area contributed by atoms with E-state index in [0.29, 0.717) is 37.8 Å². The number of esters is 1. The molecule has 8 heteroatoms. The number of ether oxygens (including phenoxy) is 3. The molecule has 3 rings (SSSR count). The largest absolute Gasteiger partial charge is 0.486 e. The highest BCUT2D eigenvalue weighted by Crippen LogP contribution is 2.31. The van der Waals surface area contributed by atoms with Crippen LogP contribution in [0.15, 0.2) is 36.5 Å². The average Bonchev–Trinajstić information content (AvgIpc) is 2.70. The molecule has 142 valence electrons. The Morgan fingerprint density at radius 3 is 2.74 bits per heavy atom. The van der Waals surface area contributed by atoms with Crippen molar-refractivity contribution in [3.63, 3.8) is 0 Å². The highest BCUT2D eigenvalue weighted by molar-refractivity contribution is 6.32. The highest BCUT2D eigenvalue weighted by Gasteiger charge is 2.19. The van der Waals surface area contributed by atoms with Crippen molar-refractivity contribution < 1.29 is 23.8 Å². The lowest BCUT2D eigenvalue weighted by Gasteiger charge is -2.23. The first-order chi connectivity index (χ1) is 13.1. The minimum Gasteiger partial charge on any atom is -0.486 e. The lowest BCUT2D eigenvalue weighted by Crippen LogP contribution is -2.34. The molecule has 0 radical (unpaired) electrons. The van der Waals surface area contributed by atoms with Crippen molar-refractivity contribution in [3.8, 4) is 11.5 Å². The summed E-state index contributed by atoms with van der Waals surface area (Å²) in [4.78, 5) is 29.9. The molecule has 1 aliphatic rings. The number of hydrogen-bond acceptors (Lipinski definition) is 6. The summed E-state index contributed by atoms with van der Waals surface area (Å²) >= 11 is 5.86. The Bertz CT molecular complexity index is 843. The molecule has 0 bridgehead atoms. The zero-order chi connectivity index (χ0) is 19.2. The summed E-state index contributed by atoms with van der Waals surface area (Å²) in [5.74, 6) is 0.374. The zero-order valence-corrected chi connectivity index (χ0v) is 15.6. The van der Waals surface area contributed by atoms with Crippen LogP contribution < -0.4 is 9.47 Å². The van der Waals surface area contributed by atoms with Gasteiger partial charge in [0.2, 0.25) is 0 Å². The minimum atomic E-state index is -0.683. The second-order valence-electron chi connectivity index (χ2n) is 5.80. The van der Waals surface area contributed by atoms with E-state index in [1.165, 1.54) is 12.3 Å². The van der Waals surface area contributed by atoms with Gasteiger partial charge in [-0.3, -0.25) is 4.79 Å². The molecule has 0 atom stereocenters. The highest BCUT2D eigenvalue weighted by atomic mass is 35.5. The minimum absolute atomic E-state index is 0.0403. The summed E-state index contributed by atoms with van der Waals surface area (Å²) in [5, 5.41) is 0.0403. The number of fused-ring (bicyclic) bond motifs is 1. The summed E-state index contributed by atoms with van der Waals surface area (Å²) in [6.07, 6.45) is 1.47. The van der Waals surface area contributed by atoms with Gasteiger partial charge in [0, 0.05) is 19.3 Å². The monoisotopic (exact) mass is 390 g/mol. The first-order valence-electron chi connectivity index (χ1n) is 8.52. The van der Waals surface area contributed by atoms with Crippen LogP contribution in [0.5, 0.6) is 11.5 Å². The number of hydrogen-bond donors (Lipinski definition) is 0. The molecule has 1 aromatic carbocycles. The van der Waals surface area contributed by atoms with E-state index in [0.717, 1.165) is 5.56 Å². The first-order valence-corrected chi connectivity index (χ1v) is 8.90. The molecule has 1 aromatic heterocycles. The number of aromatic nitrogens is 1. The quantitative estimate of drug-likeness (QED) is 0.557. The summed E-state index contributed by atoms with van der Waals surface area (Å²) < 4.78 is 16.1.